The summed E-state index contributed by atoms with van der Waals surface area (Å²) in [5.41, 5.74) is 3.25. The molecule has 0 radical (unpaired) electrons. The van der Waals surface area contributed by atoms with Crippen LogP contribution in [0.2, 0.25) is 10.0 Å². The summed E-state index contributed by atoms with van der Waals surface area (Å²) in [6.45, 7) is 0.477. The van der Waals surface area contributed by atoms with Gasteiger partial charge >= 0.3 is 0 Å². The van der Waals surface area contributed by atoms with Crippen LogP contribution in [0.4, 0.5) is 0 Å². The number of halogens is 2. The summed E-state index contributed by atoms with van der Waals surface area (Å²) in [7, 11) is 0. The van der Waals surface area contributed by atoms with E-state index in [0.29, 0.717) is 6.61 Å². The third-order valence-corrected chi connectivity index (χ3v) is 4.10. The van der Waals surface area contributed by atoms with Crippen molar-refractivity contribution >= 4 is 28.8 Å². The number of para-hydroxylation sites is 1. The van der Waals surface area contributed by atoms with E-state index in [-0.39, 0.29) is 0 Å². The van der Waals surface area contributed by atoms with E-state index in [1.807, 2.05) is 78.9 Å². The van der Waals surface area contributed by atoms with Crippen molar-refractivity contribution in [2.75, 3.05) is 6.61 Å². The summed E-state index contributed by atoms with van der Waals surface area (Å²) in [6.07, 6.45) is 2.07. The Morgan fingerprint density at radius 1 is 0.708 bits per heavy atom. The van der Waals surface area contributed by atoms with Crippen LogP contribution in [0.25, 0.3) is 5.57 Å². The number of hydrogen-bond donors (Lipinski definition) is 0. The Morgan fingerprint density at radius 2 is 1.21 bits per heavy atom. The Labute approximate surface area is 152 Å². The lowest BCUT2D eigenvalue weighted by Gasteiger charge is -2.10. The van der Waals surface area contributed by atoms with Gasteiger partial charge in [-0.15, -0.1) is 0 Å². The van der Waals surface area contributed by atoms with Crippen molar-refractivity contribution in [2.45, 2.75) is 0 Å². The molecule has 0 unspecified atom stereocenters. The number of hydrogen-bond acceptors (Lipinski definition) is 1. The van der Waals surface area contributed by atoms with Gasteiger partial charge < -0.3 is 4.74 Å². The van der Waals surface area contributed by atoms with Gasteiger partial charge in [0.05, 0.1) is 0 Å². The molecule has 0 N–H and O–H groups in total. The first-order chi connectivity index (χ1) is 11.7. The summed E-state index contributed by atoms with van der Waals surface area (Å²) in [5.74, 6) is 0.848. The van der Waals surface area contributed by atoms with Gasteiger partial charge in [0.15, 0.2) is 0 Å². The predicted octanol–water partition coefficient (Wildman–Crippen LogP) is 6.50. The van der Waals surface area contributed by atoms with Gasteiger partial charge in [0, 0.05) is 10.0 Å². The first-order valence-corrected chi connectivity index (χ1v) is 8.38. The Balaban J connectivity index is 1.87. The predicted molar refractivity (Wildman–Crippen MR) is 102 cm³/mol. The molecule has 0 aliphatic rings. The molecule has 0 atom stereocenters. The number of benzene rings is 3. The minimum Gasteiger partial charge on any atom is -0.490 e. The van der Waals surface area contributed by atoms with Gasteiger partial charge in [-0.1, -0.05) is 65.7 Å². The lowest BCUT2D eigenvalue weighted by atomic mass is 9.98. The highest BCUT2D eigenvalue weighted by molar-refractivity contribution is 6.31. The van der Waals surface area contributed by atoms with E-state index in [2.05, 4.69) is 6.08 Å². The Hall–Kier alpha value is -2.22. The van der Waals surface area contributed by atoms with E-state index in [1.165, 1.54) is 0 Å². The molecule has 0 bridgehead atoms. The smallest absolute Gasteiger partial charge is 0.119 e. The van der Waals surface area contributed by atoms with Crippen LogP contribution in [-0.4, -0.2) is 6.61 Å². The van der Waals surface area contributed by atoms with Gasteiger partial charge in [0.2, 0.25) is 0 Å². The van der Waals surface area contributed by atoms with Crippen LogP contribution in [0, 0.1) is 0 Å². The normalized spacial score (nSPS) is 10.2. The van der Waals surface area contributed by atoms with Crippen molar-refractivity contribution in [3.05, 3.63) is 106 Å². The van der Waals surface area contributed by atoms with Crippen molar-refractivity contribution in [1.82, 2.24) is 0 Å². The molecule has 1 nitrogen and oxygen atoms in total. The van der Waals surface area contributed by atoms with Gasteiger partial charge in [-0.2, -0.15) is 0 Å². The third kappa shape index (κ3) is 4.41. The highest BCUT2D eigenvalue weighted by atomic mass is 35.5. The van der Waals surface area contributed by atoms with E-state index < -0.39 is 0 Å². The zero-order chi connectivity index (χ0) is 16.8. The van der Waals surface area contributed by atoms with Crippen molar-refractivity contribution in [2.24, 2.45) is 0 Å². The van der Waals surface area contributed by atoms with Crippen LogP contribution >= 0.6 is 23.2 Å². The highest BCUT2D eigenvalue weighted by Gasteiger charge is 2.05. The topological polar surface area (TPSA) is 9.23 Å². The lowest BCUT2D eigenvalue weighted by Crippen LogP contribution is -1.96. The molecule has 0 aliphatic heterocycles. The van der Waals surface area contributed by atoms with Gasteiger partial charge in [-0.3, -0.25) is 0 Å². The van der Waals surface area contributed by atoms with Crippen molar-refractivity contribution in [1.29, 1.82) is 0 Å². The van der Waals surface area contributed by atoms with Crippen LogP contribution in [0.3, 0.4) is 0 Å². The number of rotatable bonds is 5. The van der Waals surface area contributed by atoms with E-state index in [9.17, 15) is 0 Å². The van der Waals surface area contributed by atoms with E-state index in [0.717, 1.165) is 32.5 Å². The molecule has 0 aromatic heterocycles. The van der Waals surface area contributed by atoms with Crippen LogP contribution in [0.5, 0.6) is 5.75 Å². The Bertz CT molecular complexity index is 759. The van der Waals surface area contributed by atoms with Crippen LogP contribution in [0.1, 0.15) is 11.1 Å². The summed E-state index contributed by atoms with van der Waals surface area (Å²) < 4.78 is 5.80. The molecule has 0 fully saturated rings. The van der Waals surface area contributed by atoms with E-state index >= 15 is 0 Å². The van der Waals surface area contributed by atoms with Crippen molar-refractivity contribution in [3.63, 3.8) is 0 Å². The Kier molecular flexibility index (Phi) is 5.58. The van der Waals surface area contributed by atoms with E-state index in [1.54, 1.807) is 0 Å². The van der Waals surface area contributed by atoms with Gasteiger partial charge in [-0.25, -0.2) is 0 Å². The Morgan fingerprint density at radius 3 is 1.71 bits per heavy atom. The minimum absolute atomic E-state index is 0.477. The average molecular weight is 355 g/mol. The SMILES string of the molecule is Clc1ccc(C(=CCOc2ccccc2)c2ccc(Cl)cc2)cc1. The fourth-order valence-corrected chi connectivity index (χ4v) is 2.65. The van der Waals surface area contributed by atoms with Crippen LogP contribution in [-0.2, 0) is 0 Å². The molecule has 3 aromatic carbocycles. The third-order valence-electron chi connectivity index (χ3n) is 3.59. The van der Waals surface area contributed by atoms with E-state index in [4.69, 9.17) is 27.9 Å². The monoisotopic (exact) mass is 354 g/mol. The van der Waals surface area contributed by atoms with Crippen LogP contribution in [0.15, 0.2) is 84.9 Å². The standard InChI is InChI=1S/C21H16Cl2O/c22-18-10-6-16(7-11-18)21(17-8-12-19(23)13-9-17)14-15-24-20-4-2-1-3-5-20/h1-14H,15H2. The minimum atomic E-state index is 0.477. The van der Waals surface area contributed by atoms with Gasteiger partial charge in [0.1, 0.15) is 12.4 Å². The molecule has 0 aliphatic carbocycles. The molecule has 0 saturated carbocycles. The molecule has 3 heteroatoms. The maximum Gasteiger partial charge on any atom is 0.119 e. The molecular weight excluding hydrogens is 339 g/mol. The second-order valence-corrected chi connectivity index (χ2v) is 6.13. The molecular formula is C21H16Cl2O. The largest absolute Gasteiger partial charge is 0.490 e. The maximum atomic E-state index is 6.01. The van der Waals surface area contributed by atoms with Gasteiger partial charge in [-0.05, 0) is 59.2 Å². The average Bonchev–Trinajstić information content (AvgIpc) is 2.62. The second kappa shape index (κ2) is 8.05. The fourth-order valence-electron chi connectivity index (χ4n) is 2.40. The summed E-state index contributed by atoms with van der Waals surface area (Å²) in [5, 5.41) is 1.43. The quantitative estimate of drug-likeness (QED) is 0.507. The molecule has 3 aromatic rings. The first-order valence-electron chi connectivity index (χ1n) is 7.62. The van der Waals surface area contributed by atoms with Crippen molar-refractivity contribution in [3.8, 4) is 5.75 Å². The highest BCUT2D eigenvalue weighted by Crippen LogP contribution is 2.26. The maximum absolute atomic E-state index is 6.01. The summed E-state index contributed by atoms with van der Waals surface area (Å²) in [6, 6.07) is 25.3. The molecule has 120 valence electrons. The molecule has 0 heterocycles. The zero-order valence-corrected chi connectivity index (χ0v) is 14.5. The zero-order valence-electron chi connectivity index (χ0n) is 13.0. The molecule has 0 amide bonds. The second-order valence-electron chi connectivity index (χ2n) is 5.26. The molecule has 0 spiro atoms. The number of ether oxygens (including phenoxy) is 1. The van der Waals surface area contributed by atoms with Crippen LogP contribution < -0.4 is 4.74 Å². The molecule has 0 saturated heterocycles. The summed E-state index contributed by atoms with van der Waals surface area (Å²) >= 11 is 12.0. The van der Waals surface area contributed by atoms with Crippen molar-refractivity contribution < 1.29 is 4.74 Å². The first kappa shape index (κ1) is 16.6. The molecule has 3 rings (SSSR count). The summed E-state index contributed by atoms with van der Waals surface area (Å²) in [4.78, 5) is 0. The fraction of sp³-hybridized carbons (Fsp3) is 0.0476. The lowest BCUT2D eigenvalue weighted by molar-refractivity contribution is 0.363. The van der Waals surface area contributed by atoms with Gasteiger partial charge in [0.25, 0.3) is 0 Å². The molecule has 24 heavy (non-hydrogen) atoms.